The second-order valence-corrected chi connectivity index (χ2v) is 21.7. The van der Waals surface area contributed by atoms with Crippen LogP contribution in [0.4, 0.5) is 0 Å². The van der Waals surface area contributed by atoms with E-state index in [-0.39, 0.29) is 0 Å². The molecule has 0 aliphatic carbocycles. The fourth-order valence-electron chi connectivity index (χ4n) is 6.55. The Morgan fingerprint density at radius 1 is 0.389 bits per heavy atom. The summed E-state index contributed by atoms with van der Waals surface area (Å²) in [6.07, 6.45) is 26.4. The minimum absolute atomic E-state index is 1.28. The van der Waals surface area contributed by atoms with Crippen molar-refractivity contribution in [1.29, 1.82) is 0 Å². The Bertz CT molecular complexity index is 687. The summed E-state index contributed by atoms with van der Waals surface area (Å²) in [5.74, 6) is 0. The first-order valence-corrected chi connectivity index (χ1v) is 21.3. The number of hydrogen-bond donors (Lipinski definition) is 0. The van der Waals surface area contributed by atoms with Gasteiger partial charge in [0.25, 0.3) is 0 Å². The average molecular weight is 531 g/mol. The van der Waals surface area contributed by atoms with E-state index in [9.17, 15) is 0 Å². The molecular weight excluding hydrogens is 470 g/mol. The quantitative estimate of drug-likeness (QED) is 0.111. The predicted octanol–water partition coefficient (Wildman–Crippen LogP) is 10.9. The molecule has 0 heterocycles. The maximum absolute atomic E-state index is 2.41. The van der Waals surface area contributed by atoms with Gasteiger partial charge in [0.05, 0.1) is 0 Å². The van der Waals surface area contributed by atoms with E-state index in [1.165, 1.54) is 76.5 Å². The van der Waals surface area contributed by atoms with Gasteiger partial charge in [-0.25, -0.2) is 0 Å². The summed E-state index contributed by atoms with van der Waals surface area (Å²) in [5, 5.41) is 0. The van der Waals surface area contributed by atoms with Crippen LogP contribution in [0.2, 0.25) is 0 Å². The molecule has 0 atom stereocenters. The van der Waals surface area contributed by atoms with Gasteiger partial charge in [-0.3, -0.25) is 0 Å². The van der Waals surface area contributed by atoms with Gasteiger partial charge < -0.3 is 0 Å². The van der Waals surface area contributed by atoms with Crippen LogP contribution in [0.25, 0.3) is 0 Å². The SMILES string of the molecule is CCCC[PH](CCCC)(CCCC[PH](CCCC)(CCCC)Cc1ccccc1)Cc1ccccc1. The second-order valence-electron chi connectivity index (χ2n) is 11.9. The van der Waals surface area contributed by atoms with Gasteiger partial charge >= 0.3 is 228 Å². The third kappa shape index (κ3) is 11.8. The Kier molecular flexibility index (Phi) is 16.2. The Morgan fingerprint density at radius 2 is 0.667 bits per heavy atom. The predicted molar refractivity (Wildman–Crippen MR) is 175 cm³/mol. The summed E-state index contributed by atoms with van der Waals surface area (Å²) in [6, 6.07) is 23.1. The van der Waals surface area contributed by atoms with E-state index in [0.717, 1.165) is 0 Å². The van der Waals surface area contributed by atoms with Crippen molar-refractivity contribution in [2.24, 2.45) is 0 Å². The van der Waals surface area contributed by atoms with Crippen molar-refractivity contribution in [2.75, 3.05) is 37.0 Å². The zero-order valence-corrected chi connectivity index (χ0v) is 26.5. The number of rotatable bonds is 21. The van der Waals surface area contributed by atoms with Crippen LogP contribution in [0.15, 0.2) is 60.7 Å². The molecular formula is C34H60P2. The van der Waals surface area contributed by atoms with Crippen LogP contribution in [0.3, 0.4) is 0 Å². The van der Waals surface area contributed by atoms with Crippen LogP contribution >= 0.6 is 14.5 Å². The van der Waals surface area contributed by atoms with Gasteiger partial charge in [0.15, 0.2) is 0 Å². The van der Waals surface area contributed by atoms with Crippen molar-refractivity contribution in [3.8, 4) is 0 Å². The van der Waals surface area contributed by atoms with Gasteiger partial charge in [0, 0.05) is 0 Å². The maximum atomic E-state index is 2.41. The fourth-order valence-corrected chi connectivity index (χ4v) is 17.7. The van der Waals surface area contributed by atoms with Crippen molar-refractivity contribution in [3.05, 3.63) is 71.8 Å². The molecule has 2 aromatic carbocycles. The molecule has 2 heteroatoms. The topological polar surface area (TPSA) is 0 Å². The van der Waals surface area contributed by atoms with Gasteiger partial charge in [0.1, 0.15) is 0 Å². The zero-order chi connectivity index (χ0) is 26.0. The summed E-state index contributed by atoms with van der Waals surface area (Å²) < 4.78 is 0. The van der Waals surface area contributed by atoms with Crippen molar-refractivity contribution in [3.63, 3.8) is 0 Å². The normalized spacial score (nSPS) is 13.1. The molecule has 0 fully saturated rings. The molecule has 0 radical (unpaired) electrons. The molecule has 2 rings (SSSR count). The van der Waals surface area contributed by atoms with E-state index >= 15 is 0 Å². The standard InChI is InChI=1S/C34H60P2/c1-5-9-25-35(26-10-6-2,31-33-21-15-13-16-22-33)29-19-20-30-36(27-11-7-3,28-12-8-4)32-34-23-17-14-18-24-34/h13-18,21-24,35-36H,5-12,19-20,25-32H2,1-4H3. The number of unbranched alkanes of at least 4 members (excludes halogenated alkanes) is 5. The summed E-state index contributed by atoms with van der Waals surface area (Å²) in [7, 11) is -2.57. The fraction of sp³-hybridized carbons (Fsp3) is 0.647. The van der Waals surface area contributed by atoms with Crippen LogP contribution in [-0.2, 0) is 12.3 Å². The van der Waals surface area contributed by atoms with Crippen LogP contribution < -0.4 is 0 Å². The third-order valence-corrected chi connectivity index (χ3v) is 19.6. The molecule has 36 heavy (non-hydrogen) atoms. The molecule has 0 spiro atoms. The van der Waals surface area contributed by atoms with Gasteiger partial charge in [-0.05, 0) is 0 Å². The molecule has 0 amide bonds. The van der Waals surface area contributed by atoms with Crippen molar-refractivity contribution in [2.45, 2.75) is 104 Å². The number of benzene rings is 2. The Morgan fingerprint density at radius 3 is 0.944 bits per heavy atom. The van der Waals surface area contributed by atoms with E-state index in [2.05, 4.69) is 88.4 Å². The van der Waals surface area contributed by atoms with Crippen LogP contribution in [0.1, 0.15) is 103 Å². The molecule has 0 unspecified atom stereocenters. The second kappa shape index (κ2) is 18.5. The van der Waals surface area contributed by atoms with Gasteiger partial charge in [-0.2, -0.15) is 0 Å². The molecule has 0 aromatic heterocycles. The average Bonchev–Trinajstić information content (AvgIpc) is 2.92. The Hall–Kier alpha value is -0.700. The molecule has 0 N–H and O–H groups in total. The molecule has 0 nitrogen and oxygen atoms in total. The monoisotopic (exact) mass is 530 g/mol. The van der Waals surface area contributed by atoms with Crippen LogP contribution in [0.5, 0.6) is 0 Å². The van der Waals surface area contributed by atoms with E-state index in [4.69, 9.17) is 0 Å². The molecule has 0 bridgehead atoms. The van der Waals surface area contributed by atoms with Crippen LogP contribution in [0, 0.1) is 0 Å². The van der Waals surface area contributed by atoms with Gasteiger partial charge in [-0.1, -0.05) is 0 Å². The molecule has 2 aromatic rings. The minimum atomic E-state index is -1.28. The summed E-state index contributed by atoms with van der Waals surface area (Å²) in [4.78, 5) is 0. The molecule has 0 saturated carbocycles. The van der Waals surface area contributed by atoms with Gasteiger partial charge in [-0.15, -0.1) is 0 Å². The van der Waals surface area contributed by atoms with E-state index in [0.29, 0.717) is 0 Å². The van der Waals surface area contributed by atoms with Crippen molar-refractivity contribution >= 4 is 14.5 Å². The van der Waals surface area contributed by atoms with E-state index in [1.807, 2.05) is 0 Å². The van der Waals surface area contributed by atoms with E-state index < -0.39 is 14.5 Å². The summed E-state index contributed by atoms with van der Waals surface area (Å²) in [6.45, 7) is 9.58. The molecule has 0 aliphatic rings. The Labute approximate surface area is 227 Å². The zero-order valence-electron chi connectivity index (χ0n) is 24.5. The van der Waals surface area contributed by atoms with E-state index in [1.54, 1.807) is 48.1 Å². The molecule has 0 saturated heterocycles. The van der Waals surface area contributed by atoms with Crippen molar-refractivity contribution < 1.29 is 0 Å². The first kappa shape index (κ1) is 31.5. The molecule has 206 valence electrons. The van der Waals surface area contributed by atoms with Gasteiger partial charge in [0.2, 0.25) is 0 Å². The number of hydrogen-bond acceptors (Lipinski definition) is 0. The summed E-state index contributed by atoms with van der Waals surface area (Å²) >= 11 is 0. The van der Waals surface area contributed by atoms with Crippen molar-refractivity contribution in [1.82, 2.24) is 0 Å². The molecule has 0 aliphatic heterocycles. The van der Waals surface area contributed by atoms with Crippen LogP contribution in [-0.4, -0.2) is 37.0 Å². The first-order valence-electron chi connectivity index (χ1n) is 15.7. The Balaban J connectivity index is 2.14. The summed E-state index contributed by atoms with van der Waals surface area (Å²) in [5.41, 5.74) is 3.24. The third-order valence-electron chi connectivity index (χ3n) is 8.75. The first-order chi connectivity index (χ1) is 17.6.